The molecule has 0 saturated carbocycles. The molecule has 3 aromatic rings. The molecule has 1 saturated heterocycles. The molecule has 2 heterocycles. The monoisotopic (exact) mass is 630 g/mol. The molecule has 0 atom stereocenters. The van der Waals surface area contributed by atoms with Crippen molar-refractivity contribution in [2.75, 3.05) is 56.6 Å². The first kappa shape index (κ1) is 32.7. The number of hydrogen-bond donors (Lipinski definition) is 2. The van der Waals surface area contributed by atoms with E-state index in [-0.39, 0.29) is 29.3 Å². The second-order valence-electron chi connectivity index (χ2n) is 10.1. The zero-order chi connectivity index (χ0) is 32.1. The molecule has 0 aliphatic carbocycles. The standard InChI is InChI=1S/C28H29F7N6O3/c1-39-8-10-40(11-9-39)7-2-12-44-23-4-3-21(16-22(23)29)37-25-36-6-5-24(38-25)41(26(42)43)17-18-13-19(27(30,31)32)15-20(14-18)28(33,34)35/h3-6,13-16H,2,7-12,17H2,1H3,(H,42,43)(H,36,37,38). The van der Waals surface area contributed by atoms with Crippen molar-refractivity contribution in [2.45, 2.75) is 25.3 Å². The van der Waals surface area contributed by atoms with Crippen LogP contribution in [0.25, 0.3) is 0 Å². The lowest BCUT2D eigenvalue weighted by Gasteiger charge is -2.32. The van der Waals surface area contributed by atoms with Gasteiger partial charge >= 0.3 is 18.4 Å². The summed E-state index contributed by atoms with van der Waals surface area (Å²) in [5.41, 5.74) is -3.55. The van der Waals surface area contributed by atoms with E-state index >= 15 is 0 Å². The minimum Gasteiger partial charge on any atom is -0.490 e. The van der Waals surface area contributed by atoms with Crippen molar-refractivity contribution in [1.82, 2.24) is 19.8 Å². The summed E-state index contributed by atoms with van der Waals surface area (Å²) in [5.74, 6) is -1.20. The highest BCUT2D eigenvalue weighted by Gasteiger charge is 2.37. The van der Waals surface area contributed by atoms with Crippen molar-refractivity contribution in [1.29, 1.82) is 0 Å². The predicted molar refractivity (Wildman–Crippen MR) is 146 cm³/mol. The normalized spacial score (nSPS) is 14.8. The van der Waals surface area contributed by atoms with Crippen LogP contribution < -0.4 is 15.0 Å². The molecule has 9 nitrogen and oxygen atoms in total. The Morgan fingerprint density at radius 2 is 1.66 bits per heavy atom. The molecule has 0 unspecified atom stereocenters. The topological polar surface area (TPSA) is 94.1 Å². The number of piperazine rings is 1. The lowest BCUT2D eigenvalue weighted by Crippen LogP contribution is -2.44. The van der Waals surface area contributed by atoms with Crippen LogP contribution in [0.1, 0.15) is 23.1 Å². The summed E-state index contributed by atoms with van der Waals surface area (Å²) in [7, 11) is 2.07. The predicted octanol–water partition coefficient (Wildman–Crippen LogP) is 6.10. The maximum atomic E-state index is 14.7. The molecule has 0 spiro atoms. The number of likely N-dealkylation sites (N-methyl/N-ethyl adjacent to an activating group) is 1. The van der Waals surface area contributed by atoms with Gasteiger partial charge in [0.1, 0.15) is 5.82 Å². The molecule has 0 bridgehead atoms. The van der Waals surface area contributed by atoms with Crippen molar-refractivity contribution in [2.24, 2.45) is 0 Å². The highest BCUT2D eigenvalue weighted by Crippen LogP contribution is 2.37. The number of benzene rings is 2. The van der Waals surface area contributed by atoms with Crippen LogP contribution in [0.2, 0.25) is 0 Å². The lowest BCUT2D eigenvalue weighted by molar-refractivity contribution is -0.143. The van der Waals surface area contributed by atoms with E-state index in [0.717, 1.165) is 51.1 Å². The summed E-state index contributed by atoms with van der Waals surface area (Å²) < 4.78 is 99.8. The molecule has 2 N–H and O–H groups in total. The van der Waals surface area contributed by atoms with Crippen LogP contribution in [0.4, 0.5) is 53.0 Å². The Bertz CT molecular complexity index is 1410. The fraction of sp³-hybridized carbons (Fsp3) is 0.393. The number of amides is 1. The van der Waals surface area contributed by atoms with Gasteiger partial charge in [-0.1, -0.05) is 0 Å². The van der Waals surface area contributed by atoms with Crippen molar-refractivity contribution in [3.8, 4) is 5.75 Å². The number of nitrogens with zero attached hydrogens (tertiary/aromatic N) is 5. The molecule has 1 aliphatic rings. The molecule has 1 amide bonds. The third-order valence-electron chi connectivity index (χ3n) is 6.80. The Morgan fingerprint density at radius 1 is 1.00 bits per heavy atom. The zero-order valence-corrected chi connectivity index (χ0v) is 23.4. The van der Waals surface area contributed by atoms with Gasteiger partial charge in [0.05, 0.1) is 24.3 Å². The summed E-state index contributed by atoms with van der Waals surface area (Å²) in [6.07, 6.45) is -10.1. The number of aromatic nitrogens is 2. The number of hydrogen-bond acceptors (Lipinski definition) is 7. The highest BCUT2D eigenvalue weighted by atomic mass is 19.4. The minimum absolute atomic E-state index is 0.0277. The van der Waals surface area contributed by atoms with Gasteiger partial charge in [0.25, 0.3) is 0 Å². The van der Waals surface area contributed by atoms with Crippen LogP contribution in [0.5, 0.6) is 5.75 Å². The smallest absolute Gasteiger partial charge is 0.416 e. The van der Waals surface area contributed by atoms with Gasteiger partial charge in [0.15, 0.2) is 11.6 Å². The average molecular weight is 631 g/mol. The number of carboxylic acid groups (broad SMARTS) is 1. The van der Waals surface area contributed by atoms with Gasteiger partial charge in [-0.3, -0.25) is 4.90 Å². The second kappa shape index (κ2) is 13.6. The third-order valence-corrected chi connectivity index (χ3v) is 6.80. The molecule has 2 aromatic carbocycles. The maximum absolute atomic E-state index is 14.7. The molecule has 1 aromatic heterocycles. The van der Waals surface area contributed by atoms with E-state index in [4.69, 9.17) is 4.74 Å². The summed E-state index contributed by atoms with van der Waals surface area (Å²) >= 11 is 0. The van der Waals surface area contributed by atoms with Crippen LogP contribution >= 0.6 is 0 Å². The molecular formula is C28H29F7N6O3. The van der Waals surface area contributed by atoms with Crippen LogP contribution in [-0.2, 0) is 18.9 Å². The first-order valence-electron chi connectivity index (χ1n) is 13.4. The summed E-state index contributed by atoms with van der Waals surface area (Å²) in [6.45, 7) is 4.16. The van der Waals surface area contributed by atoms with E-state index in [1.165, 1.54) is 12.1 Å². The number of halogens is 7. The number of alkyl halides is 6. The van der Waals surface area contributed by atoms with E-state index < -0.39 is 47.5 Å². The van der Waals surface area contributed by atoms with E-state index in [1.54, 1.807) is 0 Å². The Balaban J connectivity index is 1.43. The number of rotatable bonds is 10. The molecule has 16 heteroatoms. The van der Waals surface area contributed by atoms with Gasteiger partial charge in [-0.2, -0.15) is 31.3 Å². The number of anilines is 3. The Labute approximate surface area is 247 Å². The summed E-state index contributed by atoms with van der Waals surface area (Å²) in [4.78, 5) is 24.9. The number of carbonyl (C=O) groups is 1. The SMILES string of the molecule is CN1CCN(CCCOc2ccc(Nc3nccc(N(Cc4cc(C(F)(F)F)cc(C(F)(F)F)c4)C(=O)O)n3)cc2F)CC1. The summed E-state index contributed by atoms with van der Waals surface area (Å²) in [6, 6.07) is 5.91. The molecule has 238 valence electrons. The van der Waals surface area contributed by atoms with Gasteiger partial charge < -0.3 is 25.0 Å². The lowest BCUT2D eigenvalue weighted by atomic mass is 10.0. The quantitative estimate of drug-likeness (QED) is 0.205. The van der Waals surface area contributed by atoms with Crippen LogP contribution in [0.3, 0.4) is 0 Å². The molecule has 0 radical (unpaired) electrons. The third kappa shape index (κ3) is 8.92. The van der Waals surface area contributed by atoms with Crippen molar-refractivity contribution in [3.05, 3.63) is 71.2 Å². The molecule has 1 aliphatic heterocycles. The van der Waals surface area contributed by atoms with Gasteiger partial charge in [-0.05, 0) is 55.4 Å². The van der Waals surface area contributed by atoms with E-state index in [1.807, 2.05) is 0 Å². The van der Waals surface area contributed by atoms with E-state index in [0.29, 0.717) is 30.1 Å². The Morgan fingerprint density at radius 3 is 2.25 bits per heavy atom. The van der Waals surface area contributed by atoms with E-state index in [9.17, 15) is 40.6 Å². The second-order valence-corrected chi connectivity index (χ2v) is 10.1. The molecule has 1 fully saturated rings. The van der Waals surface area contributed by atoms with Crippen LogP contribution in [0.15, 0.2) is 48.7 Å². The fourth-order valence-corrected chi connectivity index (χ4v) is 4.47. The van der Waals surface area contributed by atoms with Crippen molar-refractivity contribution >= 4 is 23.5 Å². The van der Waals surface area contributed by atoms with Crippen molar-refractivity contribution < 1.29 is 45.4 Å². The maximum Gasteiger partial charge on any atom is 0.416 e. The Kier molecular flexibility index (Phi) is 10.1. The largest absolute Gasteiger partial charge is 0.490 e. The number of nitrogens with one attached hydrogen (secondary N) is 1. The van der Waals surface area contributed by atoms with Crippen LogP contribution in [0, 0.1) is 5.82 Å². The molecule has 44 heavy (non-hydrogen) atoms. The van der Waals surface area contributed by atoms with Gasteiger partial charge in [0, 0.05) is 50.7 Å². The zero-order valence-electron chi connectivity index (χ0n) is 23.4. The minimum atomic E-state index is -5.10. The van der Waals surface area contributed by atoms with Crippen molar-refractivity contribution in [3.63, 3.8) is 0 Å². The van der Waals surface area contributed by atoms with E-state index in [2.05, 4.69) is 32.1 Å². The number of ether oxygens (including phenoxy) is 1. The van der Waals surface area contributed by atoms with Gasteiger partial charge in [0.2, 0.25) is 5.95 Å². The molecular weight excluding hydrogens is 601 g/mol. The first-order valence-corrected chi connectivity index (χ1v) is 13.4. The van der Waals surface area contributed by atoms with Gasteiger partial charge in [-0.15, -0.1) is 0 Å². The highest BCUT2D eigenvalue weighted by molar-refractivity contribution is 5.84. The van der Waals surface area contributed by atoms with Crippen LogP contribution in [-0.4, -0.2) is 77.3 Å². The van der Waals surface area contributed by atoms with Gasteiger partial charge in [-0.25, -0.2) is 14.2 Å². The average Bonchev–Trinajstić information content (AvgIpc) is 2.95. The summed E-state index contributed by atoms with van der Waals surface area (Å²) in [5, 5.41) is 12.4. The Hall–Kier alpha value is -4.18. The first-order chi connectivity index (χ1) is 20.7. The molecule has 4 rings (SSSR count). The fourth-order valence-electron chi connectivity index (χ4n) is 4.47.